The molecule has 0 aromatic heterocycles. The van der Waals surface area contributed by atoms with E-state index in [1.54, 1.807) is 6.08 Å². The monoisotopic (exact) mass is 208 g/mol. The Balaban J connectivity index is 1.68. The molecule has 84 valence electrons. The molecular weight excluding hydrogens is 188 g/mol. The SMILES string of the molecule is C=CCNCC(=O)NC(C1CC1)C1CC1. The van der Waals surface area contributed by atoms with Crippen LogP contribution in [0.15, 0.2) is 12.7 Å². The topological polar surface area (TPSA) is 41.1 Å². The number of amides is 1. The third-order valence-electron chi connectivity index (χ3n) is 3.16. The predicted octanol–water partition coefficient (Wildman–Crippen LogP) is 1.07. The molecule has 0 unspecified atom stereocenters. The Hall–Kier alpha value is -0.830. The molecule has 2 N–H and O–H groups in total. The highest BCUT2D eigenvalue weighted by Gasteiger charge is 2.41. The summed E-state index contributed by atoms with van der Waals surface area (Å²) in [5.74, 6) is 1.70. The van der Waals surface area contributed by atoms with Crippen LogP contribution in [0.25, 0.3) is 0 Å². The zero-order valence-electron chi connectivity index (χ0n) is 9.17. The smallest absolute Gasteiger partial charge is 0.234 e. The molecule has 0 radical (unpaired) electrons. The molecule has 0 saturated heterocycles. The van der Waals surface area contributed by atoms with Crippen LogP contribution in [0.1, 0.15) is 25.7 Å². The predicted molar refractivity (Wildman–Crippen MR) is 60.4 cm³/mol. The van der Waals surface area contributed by atoms with Crippen LogP contribution in [-0.2, 0) is 4.79 Å². The lowest BCUT2D eigenvalue weighted by atomic mass is 10.1. The van der Waals surface area contributed by atoms with Gasteiger partial charge in [0.25, 0.3) is 0 Å². The van der Waals surface area contributed by atoms with Crippen LogP contribution in [0, 0.1) is 11.8 Å². The van der Waals surface area contributed by atoms with Gasteiger partial charge < -0.3 is 10.6 Å². The van der Waals surface area contributed by atoms with E-state index >= 15 is 0 Å². The summed E-state index contributed by atoms with van der Waals surface area (Å²) in [5, 5.41) is 6.19. The molecule has 0 atom stereocenters. The zero-order valence-corrected chi connectivity index (χ0v) is 9.17. The second-order valence-corrected chi connectivity index (χ2v) is 4.69. The number of rotatable bonds is 7. The molecule has 2 saturated carbocycles. The first kappa shape index (κ1) is 10.7. The van der Waals surface area contributed by atoms with Crippen molar-refractivity contribution in [3.63, 3.8) is 0 Å². The summed E-state index contributed by atoms with van der Waals surface area (Å²) in [6.45, 7) is 4.72. The van der Waals surface area contributed by atoms with E-state index < -0.39 is 0 Å². The van der Waals surface area contributed by atoms with Gasteiger partial charge in [-0.05, 0) is 37.5 Å². The van der Waals surface area contributed by atoms with Gasteiger partial charge in [-0.1, -0.05) is 6.08 Å². The van der Waals surface area contributed by atoms with Crippen molar-refractivity contribution in [2.24, 2.45) is 11.8 Å². The number of hydrogen-bond donors (Lipinski definition) is 2. The first-order chi connectivity index (χ1) is 7.31. The van der Waals surface area contributed by atoms with Crippen molar-refractivity contribution in [3.8, 4) is 0 Å². The molecule has 0 spiro atoms. The first-order valence-corrected chi connectivity index (χ1v) is 5.92. The molecular formula is C12H20N2O. The molecule has 2 aliphatic rings. The van der Waals surface area contributed by atoms with Gasteiger partial charge in [-0.25, -0.2) is 0 Å². The molecule has 0 bridgehead atoms. The summed E-state index contributed by atoms with van der Waals surface area (Å²) < 4.78 is 0. The molecule has 0 aromatic carbocycles. The van der Waals surface area contributed by atoms with Gasteiger partial charge in [0, 0.05) is 12.6 Å². The third-order valence-corrected chi connectivity index (χ3v) is 3.16. The Morgan fingerprint density at radius 1 is 1.33 bits per heavy atom. The Bertz CT molecular complexity index is 232. The van der Waals surface area contributed by atoms with Crippen molar-refractivity contribution in [1.29, 1.82) is 0 Å². The largest absolute Gasteiger partial charge is 0.352 e. The summed E-state index contributed by atoms with van der Waals surface area (Å²) in [5.41, 5.74) is 0. The number of hydrogen-bond acceptors (Lipinski definition) is 2. The maximum atomic E-state index is 11.6. The van der Waals surface area contributed by atoms with E-state index in [4.69, 9.17) is 0 Å². The molecule has 3 nitrogen and oxygen atoms in total. The Morgan fingerprint density at radius 2 is 1.93 bits per heavy atom. The molecule has 2 fully saturated rings. The maximum Gasteiger partial charge on any atom is 0.234 e. The fraction of sp³-hybridized carbons (Fsp3) is 0.750. The Kier molecular flexibility index (Phi) is 3.41. The van der Waals surface area contributed by atoms with E-state index in [9.17, 15) is 4.79 Å². The van der Waals surface area contributed by atoms with Crippen LogP contribution >= 0.6 is 0 Å². The quantitative estimate of drug-likeness (QED) is 0.485. The Morgan fingerprint density at radius 3 is 2.40 bits per heavy atom. The molecule has 3 heteroatoms. The van der Waals surface area contributed by atoms with Crippen molar-refractivity contribution < 1.29 is 4.79 Å². The molecule has 15 heavy (non-hydrogen) atoms. The van der Waals surface area contributed by atoms with Crippen molar-refractivity contribution in [3.05, 3.63) is 12.7 Å². The molecule has 2 aliphatic carbocycles. The van der Waals surface area contributed by atoms with E-state index in [1.165, 1.54) is 25.7 Å². The van der Waals surface area contributed by atoms with Crippen LogP contribution in [0.3, 0.4) is 0 Å². The van der Waals surface area contributed by atoms with Crippen LogP contribution in [-0.4, -0.2) is 25.0 Å². The van der Waals surface area contributed by atoms with Gasteiger partial charge in [0.2, 0.25) is 5.91 Å². The summed E-state index contributed by atoms with van der Waals surface area (Å²) in [7, 11) is 0. The molecule has 0 heterocycles. The standard InChI is InChI=1S/C12H20N2O/c1-2-7-13-8-11(15)14-12(9-3-4-9)10-5-6-10/h2,9-10,12-13H,1,3-8H2,(H,14,15). The fourth-order valence-electron chi connectivity index (χ4n) is 2.06. The van der Waals surface area contributed by atoms with E-state index in [0.717, 1.165) is 11.8 Å². The van der Waals surface area contributed by atoms with Gasteiger partial charge >= 0.3 is 0 Å². The number of nitrogens with one attached hydrogen (secondary N) is 2. The van der Waals surface area contributed by atoms with Gasteiger partial charge in [-0.2, -0.15) is 0 Å². The summed E-state index contributed by atoms with van der Waals surface area (Å²) in [6, 6.07) is 0.475. The van der Waals surface area contributed by atoms with Gasteiger partial charge in [-0.3, -0.25) is 4.79 Å². The average Bonchev–Trinajstić information content (AvgIpc) is 3.05. The van der Waals surface area contributed by atoms with Crippen LogP contribution in [0.4, 0.5) is 0 Å². The Labute approximate surface area is 91.3 Å². The van der Waals surface area contributed by atoms with E-state index in [-0.39, 0.29) is 5.91 Å². The van der Waals surface area contributed by atoms with E-state index in [1.807, 2.05) is 0 Å². The summed E-state index contributed by atoms with van der Waals surface area (Å²) in [6.07, 6.45) is 7.00. The van der Waals surface area contributed by atoms with E-state index in [2.05, 4.69) is 17.2 Å². The van der Waals surface area contributed by atoms with Crippen LogP contribution in [0.2, 0.25) is 0 Å². The minimum atomic E-state index is 0.139. The minimum Gasteiger partial charge on any atom is -0.352 e. The zero-order chi connectivity index (χ0) is 10.7. The van der Waals surface area contributed by atoms with E-state index in [0.29, 0.717) is 19.1 Å². The van der Waals surface area contributed by atoms with Gasteiger partial charge in [-0.15, -0.1) is 6.58 Å². The van der Waals surface area contributed by atoms with Crippen molar-refractivity contribution in [2.75, 3.05) is 13.1 Å². The normalized spacial score (nSPS) is 20.3. The fourth-order valence-corrected chi connectivity index (χ4v) is 2.06. The lowest BCUT2D eigenvalue weighted by Crippen LogP contribution is -2.42. The first-order valence-electron chi connectivity index (χ1n) is 5.92. The highest BCUT2D eigenvalue weighted by Crippen LogP contribution is 2.44. The lowest BCUT2D eigenvalue weighted by Gasteiger charge is -2.17. The molecule has 0 aromatic rings. The van der Waals surface area contributed by atoms with Gasteiger partial charge in [0.1, 0.15) is 0 Å². The van der Waals surface area contributed by atoms with Crippen molar-refractivity contribution >= 4 is 5.91 Å². The van der Waals surface area contributed by atoms with Crippen molar-refractivity contribution in [2.45, 2.75) is 31.7 Å². The second-order valence-electron chi connectivity index (χ2n) is 4.69. The minimum absolute atomic E-state index is 0.139. The summed E-state index contributed by atoms with van der Waals surface area (Å²) >= 11 is 0. The number of carbonyl (C=O) groups is 1. The van der Waals surface area contributed by atoms with Crippen molar-refractivity contribution in [1.82, 2.24) is 10.6 Å². The summed E-state index contributed by atoms with van der Waals surface area (Å²) in [4.78, 5) is 11.6. The third kappa shape index (κ3) is 3.34. The lowest BCUT2D eigenvalue weighted by molar-refractivity contribution is -0.121. The maximum absolute atomic E-state index is 11.6. The molecule has 1 amide bonds. The highest BCUT2D eigenvalue weighted by atomic mass is 16.2. The molecule has 0 aliphatic heterocycles. The van der Waals surface area contributed by atoms with Crippen LogP contribution in [0.5, 0.6) is 0 Å². The average molecular weight is 208 g/mol. The molecule has 2 rings (SSSR count). The van der Waals surface area contributed by atoms with Gasteiger partial charge in [0.15, 0.2) is 0 Å². The number of carbonyl (C=O) groups excluding carboxylic acids is 1. The second kappa shape index (κ2) is 4.79. The van der Waals surface area contributed by atoms with Crippen LogP contribution < -0.4 is 10.6 Å². The highest BCUT2D eigenvalue weighted by molar-refractivity contribution is 5.78. The van der Waals surface area contributed by atoms with Gasteiger partial charge in [0.05, 0.1) is 6.54 Å².